The molecule has 0 spiro atoms. The summed E-state index contributed by atoms with van der Waals surface area (Å²) in [6.07, 6.45) is 10.4. The number of halogens is 45. The van der Waals surface area contributed by atoms with E-state index in [1.807, 2.05) is 13.8 Å². The van der Waals surface area contributed by atoms with Gasteiger partial charge < -0.3 is 4.90 Å². The van der Waals surface area contributed by atoms with Gasteiger partial charge in [0.05, 0.1) is 44.5 Å². The van der Waals surface area contributed by atoms with Gasteiger partial charge in [-0.3, -0.25) is 0 Å². The Morgan fingerprint density at radius 3 is 0.424 bits per heavy atom. The molecule has 0 aromatic heterocycles. The number of rotatable bonds is 21. The summed E-state index contributed by atoms with van der Waals surface area (Å²) in [5, 5.41) is 0. The van der Waals surface area contributed by atoms with Crippen molar-refractivity contribution in [3.05, 3.63) is 262 Å². The van der Waals surface area contributed by atoms with E-state index in [4.69, 9.17) is 7.96 Å². The van der Waals surface area contributed by atoms with E-state index in [0.717, 1.165) is 64.2 Å². The SMILES string of the molecule is CCCC(CC)CCC(C)CN(CC(C)CCC(CC)CCC)c1c(F)c(F)c(F)c(F)c1F.Fc1c(F)c(F)c(-c2c(F)c(F)c(F)c(F)c2F)c(F)c1F.Fc1c(F)c(F)c(-c2c(F)c(F)c(F)c(F)c2F)c(F)c1F.Fc1c(F)c(F)c(-c2c(F)c(F)c(F)c(F)c2F)c(F)c1F.Fc1c(F)c(F)c(-c2c(F)c(F)c(F)c(F)c2F)c(F)c1F.[O]=[Al][OH]. The fourth-order valence-corrected chi connectivity index (χ4v) is 11.6. The Kier molecular flexibility index (Phi) is 38.4. The molecule has 0 radical (unpaired) electrons. The van der Waals surface area contributed by atoms with E-state index in [1.54, 1.807) is 0 Å². The third kappa shape index (κ3) is 22.1. The Labute approximate surface area is 678 Å². The average Bonchev–Trinajstić information content (AvgIpc) is 0.763. The summed E-state index contributed by atoms with van der Waals surface area (Å²) in [5.74, 6) is -115. The van der Waals surface area contributed by atoms with E-state index >= 15 is 0 Å². The molecule has 0 aliphatic carbocycles. The van der Waals surface area contributed by atoms with E-state index in [1.165, 1.54) is 4.90 Å². The van der Waals surface area contributed by atoms with Crippen molar-refractivity contribution in [2.75, 3.05) is 18.0 Å². The summed E-state index contributed by atoms with van der Waals surface area (Å²) in [4.78, 5) is 1.41. The summed E-state index contributed by atoms with van der Waals surface area (Å²) in [5.41, 5.74) is -18.9. The molecule has 125 heavy (non-hydrogen) atoms. The molecular formula is C76H47AlF45NO2. The van der Waals surface area contributed by atoms with Gasteiger partial charge in [-0.15, -0.1) is 0 Å². The second kappa shape index (κ2) is 44.8. The van der Waals surface area contributed by atoms with Gasteiger partial charge >= 0.3 is 23.4 Å². The summed E-state index contributed by atoms with van der Waals surface area (Å²) < 4.78 is 611. The number of hydrogen-bond donors (Lipinski definition) is 1. The molecule has 3 nitrogen and oxygen atoms in total. The fraction of sp³-hybridized carbons (Fsp3) is 0.289. The molecule has 0 bridgehead atoms. The average molecular weight is 1890 g/mol. The van der Waals surface area contributed by atoms with Crippen molar-refractivity contribution in [1.82, 2.24) is 0 Å². The third-order valence-electron chi connectivity index (χ3n) is 17.9. The van der Waals surface area contributed by atoms with Crippen LogP contribution in [0.3, 0.4) is 0 Å². The maximum atomic E-state index is 14.7. The van der Waals surface area contributed by atoms with Crippen molar-refractivity contribution in [2.45, 2.75) is 106 Å². The first-order valence-corrected chi connectivity index (χ1v) is 35.4. The molecular weight excluding hydrogens is 1840 g/mol. The van der Waals surface area contributed by atoms with Crippen LogP contribution in [0.2, 0.25) is 0 Å². The molecule has 0 saturated heterocycles. The first-order valence-electron chi connectivity index (χ1n) is 34.4. The molecule has 9 aromatic rings. The third-order valence-corrected chi connectivity index (χ3v) is 17.9. The number of nitrogens with zero attached hydrogens (tertiary/aromatic N) is 1. The van der Waals surface area contributed by atoms with Gasteiger partial charge in [0.25, 0.3) is 0 Å². The molecule has 0 fully saturated rings. The zero-order valence-corrected chi connectivity index (χ0v) is 63.8. The minimum atomic E-state index is -2.68. The van der Waals surface area contributed by atoms with Gasteiger partial charge in [-0.2, -0.15) is 0 Å². The van der Waals surface area contributed by atoms with Crippen LogP contribution in [0.25, 0.3) is 44.5 Å². The Morgan fingerprint density at radius 1 is 0.200 bits per heavy atom. The van der Waals surface area contributed by atoms with Gasteiger partial charge in [-0.1, -0.05) is 92.9 Å². The molecule has 1 N–H and O–H groups in total. The second-order valence-corrected chi connectivity index (χ2v) is 26.2. The van der Waals surface area contributed by atoms with Crippen LogP contribution in [-0.2, 0) is 3.80 Å². The van der Waals surface area contributed by atoms with E-state index in [2.05, 4.69) is 27.7 Å². The van der Waals surface area contributed by atoms with E-state index < -0.39 is 327 Å². The molecule has 0 aliphatic heterocycles. The predicted octanol–water partition coefficient (Wildman–Crippen LogP) is 27.6. The quantitative estimate of drug-likeness (QED) is 0.0337. The topological polar surface area (TPSA) is 40.5 Å². The maximum absolute atomic E-state index is 14.7. The van der Waals surface area contributed by atoms with Crippen LogP contribution in [0.5, 0.6) is 0 Å². The summed E-state index contributed by atoms with van der Waals surface area (Å²) in [7, 11) is 0. The Morgan fingerprint density at radius 2 is 0.312 bits per heavy atom. The van der Waals surface area contributed by atoms with Gasteiger partial charge in [-0.25, -0.2) is 198 Å². The summed E-state index contributed by atoms with van der Waals surface area (Å²) in [6, 6.07) is 0. The fourth-order valence-electron chi connectivity index (χ4n) is 11.6. The summed E-state index contributed by atoms with van der Waals surface area (Å²) in [6.45, 7) is 13.2. The van der Waals surface area contributed by atoms with Gasteiger partial charge in [-0.05, 0) is 36.5 Å². The van der Waals surface area contributed by atoms with Gasteiger partial charge in [0.15, 0.2) is 209 Å². The van der Waals surface area contributed by atoms with E-state index in [9.17, 15) is 198 Å². The zero-order valence-electron chi connectivity index (χ0n) is 62.7. The Balaban J connectivity index is 0.000000329. The first kappa shape index (κ1) is 107. The van der Waals surface area contributed by atoms with Crippen molar-refractivity contribution in [1.29, 1.82) is 0 Å². The molecule has 0 saturated carbocycles. The molecule has 9 rings (SSSR count). The van der Waals surface area contributed by atoms with E-state index in [-0.39, 0.29) is 24.9 Å². The van der Waals surface area contributed by atoms with Gasteiger partial charge in [0.1, 0.15) is 5.69 Å². The van der Waals surface area contributed by atoms with Crippen LogP contribution in [0.4, 0.5) is 203 Å². The molecule has 0 aliphatic rings. The summed E-state index contributed by atoms with van der Waals surface area (Å²) >= 11 is -1.50. The van der Waals surface area contributed by atoms with Crippen LogP contribution in [0, 0.1) is 285 Å². The van der Waals surface area contributed by atoms with Crippen LogP contribution < -0.4 is 4.90 Å². The number of hydrogen-bond acceptors (Lipinski definition) is 2. The van der Waals surface area contributed by atoms with Crippen LogP contribution in [0.15, 0.2) is 0 Å². The first-order chi connectivity index (χ1) is 57.9. The molecule has 686 valence electrons. The molecule has 49 heteroatoms. The van der Waals surface area contributed by atoms with Crippen molar-refractivity contribution < 1.29 is 206 Å². The monoisotopic (exact) mass is 1890 g/mol. The van der Waals surface area contributed by atoms with Gasteiger partial charge in [0.2, 0.25) is 52.4 Å². The second-order valence-electron chi connectivity index (χ2n) is 26.0. The number of anilines is 1. The Bertz CT molecular complexity index is 4430. The van der Waals surface area contributed by atoms with Crippen LogP contribution in [-0.4, -0.2) is 32.7 Å². The minimum absolute atomic E-state index is 0.0663. The Hall–Kier alpha value is -10.2. The molecule has 4 atom stereocenters. The molecule has 0 heterocycles. The van der Waals surface area contributed by atoms with Crippen molar-refractivity contribution in [2.24, 2.45) is 23.7 Å². The van der Waals surface area contributed by atoms with Crippen LogP contribution >= 0.6 is 0 Å². The predicted molar refractivity (Wildman–Crippen MR) is 347 cm³/mol. The van der Waals surface area contributed by atoms with Crippen molar-refractivity contribution in [3.63, 3.8) is 0 Å². The van der Waals surface area contributed by atoms with Crippen molar-refractivity contribution in [3.8, 4) is 44.5 Å². The standard InChI is InChI=1S/C28H46F5N.4C12F10.Al.H2O.O/c1-7-11-21(9-3)15-13-19(5)17-34(18-20(6)14-16-22(10-4)12-8-2)28-26(32)24(30)23(29)25(31)27(28)33;4*13-3-1(4(14)8(18)11(21)7(3)17)2-5(15)9(19)12(22)10(20)6(2)16;;;/h19-22H,7-18H2,1-6H3;;;;;;1H2;/q;;;;;+1;;/p-1. The van der Waals surface area contributed by atoms with Crippen molar-refractivity contribution >= 4 is 21.2 Å². The normalized spacial score (nSPS) is 12.1. The molecule has 0 amide bonds. The molecule has 9 aromatic carbocycles. The van der Waals surface area contributed by atoms with E-state index in [0.29, 0.717) is 11.8 Å². The zero-order chi connectivity index (χ0) is 96.3. The van der Waals surface area contributed by atoms with Gasteiger partial charge in [0, 0.05) is 13.1 Å². The molecule has 4 unspecified atom stereocenters. The number of benzene rings is 9. The van der Waals surface area contributed by atoms with Crippen LogP contribution in [0.1, 0.15) is 106 Å².